The lowest BCUT2D eigenvalue weighted by Gasteiger charge is -2.20. The Hall–Kier alpha value is -3.02. The van der Waals surface area contributed by atoms with E-state index >= 15 is 0 Å². The van der Waals surface area contributed by atoms with Gasteiger partial charge in [0.25, 0.3) is 0 Å². The molecule has 5 aliphatic rings. The van der Waals surface area contributed by atoms with Crippen molar-refractivity contribution in [3.8, 4) is 17.2 Å². The molecule has 3 saturated heterocycles. The molecule has 2 aromatic rings. The van der Waals surface area contributed by atoms with E-state index in [1.165, 1.54) is 12.0 Å². The topological polar surface area (TPSA) is 107 Å². The summed E-state index contributed by atoms with van der Waals surface area (Å²) in [6.07, 6.45) is -1.36. The van der Waals surface area contributed by atoms with Crippen LogP contribution in [0.1, 0.15) is 0 Å². The Morgan fingerprint density at radius 3 is 2.40 bits per heavy atom. The van der Waals surface area contributed by atoms with Gasteiger partial charge in [-0.3, -0.25) is 4.72 Å². The van der Waals surface area contributed by atoms with Gasteiger partial charge in [0, 0.05) is 25.8 Å². The van der Waals surface area contributed by atoms with E-state index in [0.29, 0.717) is 53.8 Å². The number of ether oxygens (including phenoxy) is 4. The minimum absolute atomic E-state index is 0.194. The summed E-state index contributed by atoms with van der Waals surface area (Å²) in [6.45, 7) is 1.16. The molecule has 3 heterocycles. The van der Waals surface area contributed by atoms with Crippen LogP contribution in [0, 0.1) is 17.8 Å². The Morgan fingerprint density at radius 2 is 1.71 bits per heavy atom. The molecule has 4 atom stereocenters. The smallest absolute Gasteiger partial charge is 0.415 e. The maximum Gasteiger partial charge on any atom is 0.415 e. The number of benzene rings is 2. The molecular formula is C24H27N3O7S. The molecule has 7 rings (SSSR count). The summed E-state index contributed by atoms with van der Waals surface area (Å²) < 4.78 is 52.3. The fourth-order valence-electron chi connectivity index (χ4n) is 5.46. The number of carbonyl (C=O) groups excluding carboxylic acids is 1. The third-order valence-electron chi connectivity index (χ3n) is 7.38. The van der Waals surface area contributed by atoms with Crippen molar-refractivity contribution in [3.63, 3.8) is 0 Å². The van der Waals surface area contributed by atoms with Crippen molar-refractivity contribution in [2.45, 2.75) is 18.2 Å². The van der Waals surface area contributed by atoms with E-state index in [4.69, 9.17) is 18.9 Å². The second-order valence-corrected chi connectivity index (χ2v) is 11.0. The van der Waals surface area contributed by atoms with Gasteiger partial charge in [0.1, 0.15) is 18.0 Å². The van der Waals surface area contributed by atoms with Crippen LogP contribution >= 0.6 is 0 Å². The molecule has 2 saturated carbocycles. The number of rotatable bonds is 8. The lowest BCUT2D eigenvalue weighted by molar-refractivity contribution is 0.0341. The minimum Gasteiger partial charge on any atom is -0.493 e. The van der Waals surface area contributed by atoms with Crippen LogP contribution in [0.2, 0.25) is 0 Å². The number of piperidine rings is 1. The fourth-order valence-corrected chi connectivity index (χ4v) is 6.97. The summed E-state index contributed by atoms with van der Waals surface area (Å²) >= 11 is 0. The Bertz CT molecular complexity index is 1240. The zero-order chi connectivity index (χ0) is 24.3. The number of nitrogens with one attached hydrogen (secondary N) is 1. The van der Waals surface area contributed by atoms with Crippen molar-refractivity contribution in [2.75, 3.05) is 38.6 Å². The number of para-hydroxylation sites is 2. The molecule has 2 aliphatic carbocycles. The van der Waals surface area contributed by atoms with Crippen molar-refractivity contribution in [3.05, 3.63) is 48.5 Å². The van der Waals surface area contributed by atoms with E-state index in [1.807, 2.05) is 0 Å². The third-order valence-corrected chi connectivity index (χ3v) is 8.89. The zero-order valence-electron chi connectivity index (χ0n) is 19.4. The average molecular weight is 502 g/mol. The Balaban J connectivity index is 1.10. The number of hydrogen-bond donors (Lipinski definition) is 1. The molecule has 0 spiro atoms. The SMILES string of the molecule is COc1ccccc1OC(=O)N1C[C@@H](OC)[C@H](Oc2cccc(NS(=O)(=O)N3CC4C5C4C53)c2)C1. The zero-order valence-corrected chi connectivity index (χ0v) is 20.2. The van der Waals surface area contributed by atoms with E-state index in [1.54, 1.807) is 59.9 Å². The number of anilines is 1. The molecule has 1 amide bonds. The highest BCUT2D eigenvalue weighted by atomic mass is 32.2. The van der Waals surface area contributed by atoms with Gasteiger partial charge in [0.05, 0.1) is 25.9 Å². The van der Waals surface area contributed by atoms with Crippen molar-refractivity contribution in [2.24, 2.45) is 17.8 Å². The molecule has 2 aromatic carbocycles. The van der Waals surface area contributed by atoms with Gasteiger partial charge < -0.3 is 23.8 Å². The van der Waals surface area contributed by atoms with Crippen molar-refractivity contribution in [1.29, 1.82) is 0 Å². The Morgan fingerprint density at radius 1 is 0.971 bits per heavy atom. The molecule has 5 fully saturated rings. The van der Waals surface area contributed by atoms with Crippen molar-refractivity contribution < 1.29 is 32.2 Å². The summed E-state index contributed by atoms with van der Waals surface area (Å²) in [5.74, 6) is 3.02. The van der Waals surface area contributed by atoms with E-state index in [2.05, 4.69) is 4.72 Å². The average Bonchev–Trinajstić information content (AvgIpc) is 3.52. The number of likely N-dealkylation sites (tertiary alicyclic amines) is 1. The van der Waals surface area contributed by atoms with Crippen LogP contribution in [0.5, 0.6) is 17.2 Å². The Kier molecular flexibility index (Phi) is 5.31. The second kappa shape index (κ2) is 8.28. The fraction of sp³-hybridized carbons (Fsp3) is 0.458. The second-order valence-electron chi connectivity index (χ2n) is 9.37. The summed E-state index contributed by atoms with van der Waals surface area (Å²) in [5.41, 5.74) is 0.431. The molecule has 0 aromatic heterocycles. The molecule has 35 heavy (non-hydrogen) atoms. The van der Waals surface area contributed by atoms with E-state index in [-0.39, 0.29) is 18.7 Å². The van der Waals surface area contributed by atoms with Crippen LogP contribution < -0.4 is 18.9 Å². The maximum absolute atomic E-state index is 12.8. The normalized spacial score (nSPS) is 30.5. The van der Waals surface area contributed by atoms with Gasteiger partial charge in [-0.2, -0.15) is 12.7 Å². The number of amides is 1. The molecule has 1 N–H and O–H groups in total. The van der Waals surface area contributed by atoms with Gasteiger partial charge in [-0.05, 0) is 42.0 Å². The standard InChI is InChI=1S/C24H27N3O7S/c1-31-17-8-3-4-9-18(17)34-24(28)26-12-19(32-2)20(13-26)33-15-7-5-6-14(10-15)25-35(29,30)27-11-16-21-22(16)23(21)27/h3-10,16,19-23,25H,11-13H2,1-2H3/t16?,19-,20-,21?,22?,23?/m1/s1. The third kappa shape index (κ3) is 3.97. The number of carbonyl (C=O) groups is 1. The monoisotopic (exact) mass is 501 g/mol. The van der Waals surface area contributed by atoms with E-state index in [0.717, 1.165) is 0 Å². The molecule has 10 nitrogen and oxygen atoms in total. The summed E-state index contributed by atoms with van der Waals surface area (Å²) in [5, 5.41) is 0. The highest BCUT2D eigenvalue weighted by Crippen LogP contribution is 2.75. The minimum atomic E-state index is -3.59. The van der Waals surface area contributed by atoms with Gasteiger partial charge in [0.15, 0.2) is 11.5 Å². The molecule has 11 heteroatoms. The predicted molar refractivity (Wildman–Crippen MR) is 126 cm³/mol. The quantitative estimate of drug-likeness (QED) is 0.591. The predicted octanol–water partition coefficient (Wildman–Crippen LogP) is 2.19. The number of nitrogens with zero attached hydrogens (tertiary/aromatic N) is 2. The first-order valence-corrected chi connectivity index (χ1v) is 13.0. The lowest BCUT2D eigenvalue weighted by Crippen LogP contribution is -2.34. The highest BCUT2D eigenvalue weighted by molar-refractivity contribution is 7.90. The molecule has 0 radical (unpaired) electrons. The number of hydrogen-bond acceptors (Lipinski definition) is 7. The van der Waals surface area contributed by atoms with Crippen molar-refractivity contribution in [1.82, 2.24) is 9.21 Å². The molecule has 2 unspecified atom stereocenters. The van der Waals surface area contributed by atoms with Gasteiger partial charge in [-0.1, -0.05) is 18.2 Å². The largest absolute Gasteiger partial charge is 0.493 e. The van der Waals surface area contributed by atoms with E-state index < -0.39 is 22.4 Å². The number of fused-ring (bicyclic) bond motifs is 1. The lowest BCUT2D eigenvalue weighted by atomic mass is 10.2. The van der Waals surface area contributed by atoms with Crippen LogP contribution in [0.25, 0.3) is 0 Å². The molecular weight excluding hydrogens is 474 g/mol. The van der Waals surface area contributed by atoms with Gasteiger partial charge >= 0.3 is 16.3 Å². The van der Waals surface area contributed by atoms with Crippen LogP contribution in [-0.4, -0.2) is 75.8 Å². The summed E-state index contributed by atoms with van der Waals surface area (Å²) in [4.78, 5) is 14.3. The summed E-state index contributed by atoms with van der Waals surface area (Å²) in [7, 11) is -0.522. The number of methoxy groups -OCH3 is 2. The first kappa shape index (κ1) is 22.4. The Labute approximate surface area is 203 Å². The maximum atomic E-state index is 12.8. The van der Waals surface area contributed by atoms with Crippen LogP contribution in [0.3, 0.4) is 0 Å². The van der Waals surface area contributed by atoms with Crippen LogP contribution in [0.4, 0.5) is 10.5 Å². The van der Waals surface area contributed by atoms with Gasteiger partial charge in [-0.25, -0.2) is 4.79 Å². The van der Waals surface area contributed by atoms with Crippen molar-refractivity contribution >= 4 is 22.0 Å². The van der Waals surface area contributed by atoms with Gasteiger partial charge in [-0.15, -0.1) is 0 Å². The van der Waals surface area contributed by atoms with Crippen LogP contribution in [0.15, 0.2) is 48.5 Å². The highest BCUT2D eigenvalue weighted by Gasteiger charge is 2.82. The molecule has 186 valence electrons. The summed E-state index contributed by atoms with van der Waals surface area (Å²) in [6, 6.07) is 13.9. The van der Waals surface area contributed by atoms with E-state index in [9.17, 15) is 13.2 Å². The molecule has 2 bridgehead atoms. The first-order valence-electron chi connectivity index (χ1n) is 11.6. The van der Waals surface area contributed by atoms with Crippen LogP contribution in [-0.2, 0) is 14.9 Å². The van der Waals surface area contributed by atoms with Gasteiger partial charge in [0.2, 0.25) is 0 Å². The molecule has 3 aliphatic heterocycles. The first-order chi connectivity index (χ1) is 16.9.